The molecule has 1 heterocycles. The van der Waals surface area contributed by atoms with Gasteiger partial charge in [-0.05, 0) is 52.9 Å². The normalized spacial score (nSPS) is 10.4. The van der Waals surface area contributed by atoms with E-state index < -0.39 is 0 Å². The van der Waals surface area contributed by atoms with Crippen molar-refractivity contribution >= 4 is 52.1 Å². The highest BCUT2D eigenvalue weighted by Gasteiger charge is 2.21. The molecule has 3 aromatic rings. The Bertz CT molecular complexity index is 975. The van der Waals surface area contributed by atoms with Gasteiger partial charge in [-0.25, -0.2) is 4.68 Å². The van der Waals surface area contributed by atoms with Gasteiger partial charge in [-0.3, -0.25) is 4.79 Å². The van der Waals surface area contributed by atoms with Crippen molar-refractivity contribution in [1.82, 2.24) is 9.78 Å². The third-order valence-corrected chi connectivity index (χ3v) is 4.65. The summed E-state index contributed by atoms with van der Waals surface area (Å²) >= 11 is 14.4. The number of aldehydes is 1. The summed E-state index contributed by atoms with van der Waals surface area (Å²) in [4.78, 5) is 11.3. The summed E-state index contributed by atoms with van der Waals surface area (Å²) < 4.78 is 2.56. The molecule has 0 aliphatic carbocycles. The first-order valence-electron chi connectivity index (χ1n) is 6.75. The highest BCUT2D eigenvalue weighted by Crippen LogP contribution is 2.32. The number of benzene rings is 2. The summed E-state index contributed by atoms with van der Waals surface area (Å²) in [6.45, 7) is 0. The first kappa shape index (κ1) is 17.0. The fourth-order valence-electron chi connectivity index (χ4n) is 2.33. The summed E-state index contributed by atoms with van der Waals surface area (Å²) in [5, 5.41) is 14.6. The van der Waals surface area contributed by atoms with Gasteiger partial charge in [0.05, 0.1) is 16.4 Å². The Hall–Kier alpha value is -1.88. The Balaban J connectivity index is 2.34. The number of hydrogen-bond acceptors (Lipinski definition) is 3. The summed E-state index contributed by atoms with van der Waals surface area (Å²) in [6.07, 6.45) is 0.565. The smallest absolute Gasteiger partial charge is 0.171 e. The topological polar surface area (TPSA) is 58.7 Å². The van der Waals surface area contributed by atoms with Gasteiger partial charge in [0.25, 0.3) is 0 Å². The molecule has 0 aliphatic rings. The van der Waals surface area contributed by atoms with Crippen molar-refractivity contribution in [2.24, 2.45) is 0 Å². The van der Waals surface area contributed by atoms with Crippen molar-refractivity contribution < 1.29 is 4.79 Å². The standard InChI is InChI=1S/C17H8Cl2IN3O/c18-11-3-6-16(14(19)7-11)23-17(10-1-4-12(20)5-2-10)13(8-21)15(9-24)22-23/h1-7,9H. The van der Waals surface area contributed by atoms with E-state index in [-0.39, 0.29) is 11.3 Å². The summed E-state index contributed by atoms with van der Waals surface area (Å²) in [7, 11) is 0. The summed E-state index contributed by atoms with van der Waals surface area (Å²) in [5.41, 5.74) is 2.09. The second-order valence-electron chi connectivity index (χ2n) is 4.85. The molecule has 2 aromatic carbocycles. The van der Waals surface area contributed by atoms with Gasteiger partial charge in [0.15, 0.2) is 6.29 Å². The Morgan fingerprint density at radius 2 is 1.88 bits per heavy atom. The molecular formula is C17H8Cl2IN3O. The number of aromatic nitrogens is 2. The summed E-state index contributed by atoms with van der Waals surface area (Å²) in [5.74, 6) is 0. The largest absolute Gasteiger partial charge is 0.296 e. The van der Waals surface area contributed by atoms with Gasteiger partial charge in [0, 0.05) is 14.2 Å². The molecule has 118 valence electrons. The van der Waals surface area contributed by atoms with Crippen molar-refractivity contribution in [1.29, 1.82) is 5.26 Å². The molecule has 0 radical (unpaired) electrons. The van der Waals surface area contributed by atoms with Crippen LogP contribution in [0.15, 0.2) is 42.5 Å². The Labute approximate surface area is 161 Å². The van der Waals surface area contributed by atoms with Crippen LogP contribution in [-0.4, -0.2) is 16.1 Å². The first-order valence-corrected chi connectivity index (χ1v) is 8.58. The van der Waals surface area contributed by atoms with Gasteiger partial charge in [-0.15, -0.1) is 0 Å². The molecule has 0 saturated carbocycles. The van der Waals surface area contributed by atoms with E-state index in [0.717, 1.165) is 9.13 Å². The van der Waals surface area contributed by atoms with Crippen LogP contribution in [0.2, 0.25) is 10.0 Å². The molecule has 0 fully saturated rings. The molecule has 3 rings (SSSR count). The molecule has 0 atom stereocenters. The van der Waals surface area contributed by atoms with E-state index in [4.69, 9.17) is 23.2 Å². The van der Waals surface area contributed by atoms with Crippen LogP contribution in [0.4, 0.5) is 0 Å². The van der Waals surface area contributed by atoms with Crippen molar-refractivity contribution in [3.8, 4) is 23.0 Å². The van der Waals surface area contributed by atoms with E-state index in [0.29, 0.717) is 27.7 Å². The zero-order valence-electron chi connectivity index (χ0n) is 12.0. The van der Waals surface area contributed by atoms with Crippen LogP contribution in [0.3, 0.4) is 0 Å². The van der Waals surface area contributed by atoms with Gasteiger partial charge in [-0.1, -0.05) is 35.3 Å². The monoisotopic (exact) mass is 467 g/mol. The lowest BCUT2D eigenvalue weighted by Gasteiger charge is -2.10. The lowest BCUT2D eigenvalue weighted by molar-refractivity contribution is 0.111. The van der Waals surface area contributed by atoms with Gasteiger partial charge >= 0.3 is 0 Å². The maximum absolute atomic E-state index is 11.3. The van der Waals surface area contributed by atoms with E-state index in [1.807, 2.05) is 24.3 Å². The number of carbonyl (C=O) groups excluding carboxylic acids is 1. The molecule has 7 heteroatoms. The van der Waals surface area contributed by atoms with Crippen LogP contribution >= 0.6 is 45.8 Å². The van der Waals surface area contributed by atoms with E-state index in [2.05, 4.69) is 33.8 Å². The third-order valence-electron chi connectivity index (χ3n) is 3.39. The lowest BCUT2D eigenvalue weighted by Crippen LogP contribution is -2.01. The number of nitrogens with zero attached hydrogens (tertiary/aromatic N) is 3. The Morgan fingerprint density at radius 1 is 1.17 bits per heavy atom. The number of halogens is 3. The van der Waals surface area contributed by atoms with Crippen molar-refractivity contribution in [3.63, 3.8) is 0 Å². The molecule has 0 N–H and O–H groups in total. The Kier molecular flexibility index (Phi) is 4.90. The molecule has 1 aromatic heterocycles. The molecule has 0 unspecified atom stereocenters. The SMILES string of the molecule is N#Cc1c(C=O)nn(-c2ccc(Cl)cc2Cl)c1-c1ccc(I)cc1. The van der Waals surface area contributed by atoms with Crippen LogP contribution in [-0.2, 0) is 0 Å². The fourth-order valence-corrected chi connectivity index (χ4v) is 3.18. The van der Waals surface area contributed by atoms with Crippen LogP contribution in [0.1, 0.15) is 16.1 Å². The quantitative estimate of drug-likeness (QED) is 0.396. The zero-order chi connectivity index (χ0) is 17.3. The van der Waals surface area contributed by atoms with E-state index in [1.165, 1.54) is 4.68 Å². The maximum atomic E-state index is 11.3. The second-order valence-corrected chi connectivity index (χ2v) is 6.94. The van der Waals surface area contributed by atoms with Crippen molar-refractivity contribution in [3.05, 3.63) is 67.3 Å². The van der Waals surface area contributed by atoms with E-state index in [9.17, 15) is 10.1 Å². The molecule has 0 bridgehead atoms. The van der Waals surface area contributed by atoms with Crippen molar-refractivity contribution in [2.75, 3.05) is 0 Å². The minimum absolute atomic E-state index is 0.0667. The van der Waals surface area contributed by atoms with Gasteiger partial charge in [0.1, 0.15) is 17.3 Å². The predicted octanol–water partition coefficient (Wildman–Crippen LogP) is 5.13. The lowest BCUT2D eigenvalue weighted by atomic mass is 10.1. The third kappa shape index (κ3) is 3.05. The molecule has 0 spiro atoms. The average molecular weight is 468 g/mol. The van der Waals surface area contributed by atoms with Gasteiger partial charge in [-0.2, -0.15) is 10.4 Å². The first-order chi connectivity index (χ1) is 11.5. The molecular weight excluding hydrogens is 460 g/mol. The van der Waals surface area contributed by atoms with E-state index in [1.54, 1.807) is 18.2 Å². The van der Waals surface area contributed by atoms with Crippen LogP contribution in [0, 0.1) is 14.9 Å². The molecule has 4 nitrogen and oxygen atoms in total. The summed E-state index contributed by atoms with van der Waals surface area (Å²) in [6, 6.07) is 14.6. The zero-order valence-corrected chi connectivity index (χ0v) is 15.7. The number of hydrogen-bond donors (Lipinski definition) is 0. The average Bonchev–Trinajstić information content (AvgIpc) is 2.94. The van der Waals surface area contributed by atoms with E-state index >= 15 is 0 Å². The minimum Gasteiger partial charge on any atom is -0.296 e. The van der Waals surface area contributed by atoms with Gasteiger partial charge in [0.2, 0.25) is 0 Å². The van der Waals surface area contributed by atoms with Crippen molar-refractivity contribution in [2.45, 2.75) is 0 Å². The molecule has 0 saturated heterocycles. The predicted molar refractivity (Wildman–Crippen MR) is 102 cm³/mol. The Morgan fingerprint density at radius 3 is 2.46 bits per heavy atom. The minimum atomic E-state index is 0.0667. The number of nitriles is 1. The maximum Gasteiger partial charge on any atom is 0.171 e. The fraction of sp³-hybridized carbons (Fsp3) is 0. The molecule has 0 aliphatic heterocycles. The number of rotatable bonds is 3. The second kappa shape index (κ2) is 6.93. The molecule has 0 amide bonds. The van der Waals surface area contributed by atoms with Crippen LogP contribution < -0.4 is 0 Å². The van der Waals surface area contributed by atoms with Crippen LogP contribution in [0.25, 0.3) is 16.9 Å². The molecule has 24 heavy (non-hydrogen) atoms. The highest BCUT2D eigenvalue weighted by molar-refractivity contribution is 14.1. The van der Waals surface area contributed by atoms with Crippen LogP contribution in [0.5, 0.6) is 0 Å². The van der Waals surface area contributed by atoms with Gasteiger partial charge < -0.3 is 0 Å². The highest BCUT2D eigenvalue weighted by atomic mass is 127. The number of carbonyl (C=O) groups is 1.